The number of nitrogens with zero attached hydrogens (tertiary/aromatic N) is 2. The molecule has 128 valence electrons. The highest BCUT2D eigenvalue weighted by molar-refractivity contribution is 5.92. The smallest absolute Gasteiger partial charge is 0.270 e. The van der Waals surface area contributed by atoms with Crippen LogP contribution in [0, 0.1) is 11.6 Å². The molecule has 1 amide bonds. The molecule has 2 aromatic carbocycles. The maximum atomic E-state index is 13.5. The molecule has 0 bridgehead atoms. The van der Waals surface area contributed by atoms with E-state index in [0.29, 0.717) is 5.56 Å². The van der Waals surface area contributed by atoms with E-state index >= 15 is 0 Å². The van der Waals surface area contributed by atoms with Crippen molar-refractivity contribution in [2.75, 3.05) is 5.32 Å². The number of carbonyl (C=O) groups excluding carboxylic acids is 1. The SMILES string of the molecule is CC(Oc1ccccc1F)C(=O)Nc1noc(-c2ccc(F)cc2)n1. The molecule has 1 unspecified atom stereocenters. The van der Waals surface area contributed by atoms with Gasteiger partial charge in [0.05, 0.1) is 0 Å². The van der Waals surface area contributed by atoms with Crippen LogP contribution in [0.2, 0.25) is 0 Å². The number of para-hydroxylation sites is 1. The van der Waals surface area contributed by atoms with Crippen molar-refractivity contribution in [3.63, 3.8) is 0 Å². The molecule has 0 fully saturated rings. The number of aromatic nitrogens is 2. The van der Waals surface area contributed by atoms with Crippen LogP contribution >= 0.6 is 0 Å². The average Bonchev–Trinajstić information content (AvgIpc) is 3.06. The van der Waals surface area contributed by atoms with Crippen LogP contribution in [-0.2, 0) is 4.79 Å². The molecule has 0 saturated heterocycles. The number of amides is 1. The molecule has 0 spiro atoms. The highest BCUT2D eigenvalue weighted by Gasteiger charge is 2.19. The quantitative estimate of drug-likeness (QED) is 0.767. The minimum absolute atomic E-state index is 0.0368. The lowest BCUT2D eigenvalue weighted by molar-refractivity contribution is -0.122. The molecule has 3 rings (SSSR count). The van der Waals surface area contributed by atoms with E-state index in [4.69, 9.17) is 9.26 Å². The summed E-state index contributed by atoms with van der Waals surface area (Å²) in [6, 6.07) is 11.2. The van der Waals surface area contributed by atoms with Crippen molar-refractivity contribution in [1.82, 2.24) is 10.1 Å². The molecular weight excluding hydrogens is 332 g/mol. The normalized spacial score (nSPS) is 11.8. The Morgan fingerprint density at radius 2 is 1.88 bits per heavy atom. The predicted molar refractivity (Wildman–Crippen MR) is 84.8 cm³/mol. The zero-order valence-corrected chi connectivity index (χ0v) is 13.1. The lowest BCUT2D eigenvalue weighted by Crippen LogP contribution is -2.30. The molecule has 0 aliphatic carbocycles. The summed E-state index contributed by atoms with van der Waals surface area (Å²) in [7, 11) is 0. The third-order valence-electron chi connectivity index (χ3n) is 3.26. The Morgan fingerprint density at radius 3 is 2.60 bits per heavy atom. The van der Waals surface area contributed by atoms with E-state index in [-0.39, 0.29) is 17.6 Å². The van der Waals surface area contributed by atoms with Crippen LogP contribution in [0.4, 0.5) is 14.7 Å². The summed E-state index contributed by atoms with van der Waals surface area (Å²) in [5.41, 5.74) is 0.505. The van der Waals surface area contributed by atoms with Gasteiger partial charge in [0.1, 0.15) is 5.82 Å². The number of hydrogen-bond acceptors (Lipinski definition) is 5. The minimum atomic E-state index is -0.982. The molecule has 0 saturated carbocycles. The van der Waals surface area contributed by atoms with Crippen LogP contribution in [0.1, 0.15) is 6.92 Å². The number of carbonyl (C=O) groups is 1. The van der Waals surface area contributed by atoms with Gasteiger partial charge in [-0.25, -0.2) is 8.78 Å². The number of ether oxygens (including phenoxy) is 1. The number of halogens is 2. The summed E-state index contributed by atoms with van der Waals surface area (Å²) in [4.78, 5) is 16.1. The third kappa shape index (κ3) is 3.97. The van der Waals surface area contributed by atoms with Gasteiger partial charge in [-0.2, -0.15) is 4.98 Å². The van der Waals surface area contributed by atoms with Gasteiger partial charge in [-0.3, -0.25) is 10.1 Å². The Kier molecular flexibility index (Phi) is 4.69. The molecular formula is C17H13F2N3O3. The van der Waals surface area contributed by atoms with E-state index in [1.54, 1.807) is 6.07 Å². The Morgan fingerprint density at radius 1 is 1.16 bits per heavy atom. The lowest BCUT2D eigenvalue weighted by atomic mass is 10.2. The van der Waals surface area contributed by atoms with Crippen molar-refractivity contribution in [2.45, 2.75) is 13.0 Å². The maximum absolute atomic E-state index is 13.5. The van der Waals surface area contributed by atoms with Crippen LogP contribution in [0.25, 0.3) is 11.5 Å². The number of rotatable bonds is 5. The van der Waals surface area contributed by atoms with Crippen molar-refractivity contribution in [3.8, 4) is 17.2 Å². The van der Waals surface area contributed by atoms with Gasteiger partial charge in [-0.15, -0.1) is 0 Å². The zero-order chi connectivity index (χ0) is 17.8. The minimum Gasteiger partial charge on any atom is -0.478 e. The topological polar surface area (TPSA) is 77.2 Å². The molecule has 0 radical (unpaired) electrons. The average molecular weight is 345 g/mol. The van der Waals surface area contributed by atoms with Crippen molar-refractivity contribution in [3.05, 3.63) is 60.2 Å². The summed E-state index contributed by atoms with van der Waals surface area (Å²) in [6.45, 7) is 1.46. The van der Waals surface area contributed by atoms with Gasteiger partial charge >= 0.3 is 0 Å². The summed E-state index contributed by atoms with van der Waals surface area (Å²) in [5, 5.41) is 6.03. The largest absolute Gasteiger partial charge is 0.478 e. The van der Waals surface area contributed by atoms with E-state index < -0.39 is 23.6 Å². The first-order valence-corrected chi connectivity index (χ1v) is 7.34. The standard InChI is InChI=1S/C17H13F2N3O3/c1-10(24-14-5-3-2-4-13(14)19)15(23)20-17-21-16(25-22-17)11-6-8-12(18)9-7-11/h2-10H,1H3,(H,20,22,23). The van der Waals surface area contributed by atoms with Crippen LogP contribution in [0.3, 0.4) is 0 Å². The van der Waals surface area contributed by atoms with E-state index in [2.05, 4.69) is 15.5 Å². The first kappa shape index (κ1) is 16.6. The fourth-order valence-corrected chi connectivity index (χ4v) is 1.98. The fourth-order valence-electron chi connectivity index (χ4n) is 1.98. The van der Waals surface area contributed by atoms with Crippen molar-refractivity contribution in [1.29, 1.82) is 0 Å². The van der Waals surface area contributed by atoms with Gasteiger partial charge in [0.2, 0.25) is 0 Å². The third-order valence-corrected chi connectivity index (χ3v) is 3.26. The van der Waals surface area contributed by atoms with E-state index in [9.17, 15) is 13.6 Å². The van der Waals surface area contributed by atoms with Gasteiger partial charge in [-0.1, -0.05) is 12.1 Å². The molecule has 3 aromatic rings. The summed E-state index contributed by atoms with van der Waals surface area (Å²) < 4.78 is 36.7. The molecule has 1 aromatic heterocycles. The van der Waals surface area contributed by atoms with E-state index in [0.717, 1.165) is 0 Å². The maximum Gasteiger partial charge on any atom is 0.270 e. The van der Waals surface area contributed by atoms with E-state index in [1.165, 1.54) is 49.4 Å². The van der Waals surface area contributed by atoms with Crippen LogP contribution < -0.4 is 10.1 Å². The number of nitrogens with one attached hydrogen (secondary N) is 1. The molecule has 25 heavy (non-hydrogen) atoms. The molecule has 1 atom stereocenters. The van der Waals surface area contributed by atoms with Gasteiger partial charge in [0.15, 0.2) is 17.7 Å². The van der Waals surface area contributed by atoms with E-state index in [1.807, 2.05) is 0 Å². The molecule has 0 aliphatic rings. The Labute approximate surface area is 141 Å². The Balaban J connectivity index is 1.65. The second-order valence-corrected chi connectivity index (χ2v) is 5.11. The first-order chi connectivity index (χ1) is 12.0. The van der Waals surface area contributed by atoms with Gasteiger partial charge in [-0.05, 0) is 48.5 Å². The second kappa shape index (κ2) is 7.08. The summed E-state index contributed by atoms with van der Waals surface area (Å²) >= 11 is 0. The van der Waals surface area contributed by atoms with Crippen LogP contribution in [-0.4, -0.2) is 22.2 Å². The lowest BCUT2D eigenvalue weighted by Gasteiger charge is -2.13. The molecule has 8 heteroatoms. The van der Waals surface area contributed by atoms with Crippen molar-refractivity contribution in [2.24, 2.45) is 0 Å². The Hall–Kier alpha value is -3.29. The number of hydrogen-bond donors (Lipinski definition) is 1. The van der Waals surface area contributed by atoms with Crippen LogP contribution in [0.5, 0.6) is 5.75 Å². The first-order valence-electron chi connectivity index (χ1n) is 7.34. The van der Waals surface area contributed by atoms with Gasteiger partial charge < -0.3 is 9.26 Å². The summed E-state index contributed by atoms with van der Waals surface area (Å²) in [5.74, 6) is -1.53. The fraction of sp³-hybridized carbons (Fsp3) is 0.118. The molecule has 1 N–H and O–H groups in total. The second-order valence-electron chi connectivity index (χ2n) is 5.11. The summed E-state index contributed by atoms with van der Waals surface area (Å²) in [6.07, 6.45) is -0.982. The zero-order valence-electron chi connectivity index (χ0n) is 13.1. The predicted octanol–water partition coefficient (Wildman–Crippen LogP) is 3.42. The highest BCUT2D eigenvalue weighted by Crippen LogP contribution is 2.20. The Bertz CT molecular complexity index is 881. The molecule has 6 nitrogen and oxygen atoms in total. The van der Waals surface area contributed by atoms with Gasteiger partial charge in [0, 0.05) is 5.56 Å². The van der Waals surface area contributed by atoms with Crippen molar-refractivity contribution < 1.29 is 22.8 Å². The molecule has 1 heterocycles. The number of anilines is 1. The highest BCUT2D eigenvalue weighted by atomic mass is 19.1. The number of benzene rings is 2. The van der Waals surface area contributed by atoms with Crippen molar-refractivity contribution >= 4 is 11.9 Å². The monoisotopic (exact) mass is 345 g/mol. The van der Waals surface area contributed by atoms with Crippen LogP contribution in [0.15, 0.2) is 53.1 Å². The molecule has 0 aliphatic heterocycles. The van der Waals surface area contributed by atoms with Gasteiger partial charge in [0.25, 0.3) is 17.7 Å².